The minimum Gasteiger partial charge on any atom is -0.480 e. The molecule has 1 aliphatic carbocycles. The van der Waals surface area contributed by atoms with Gasteiger partial charge in [0.1, 0.15) is 0 Å². The summed E-state index contributed by atoms with van der Waals surface area (Å²) in [6, 6.07) is 0.233. The zero-order valence-electron chi connectivity index (χ0n) is 13.1. The van der Waals surface area contributed by atoms with E-state index in [1.165, 1.54) is 0 Å². The van der Waals surface area contributed by atoms with Crippen LogP contribution in [-0.2, 0) is 14.3 Å². The van der Waals surface area contributed by atoms with Gasteiger partial charge in [-0.15, -0.1) is 0 Å². The molecule has 1 aliphatic rings. The van der Waals surface area contributed by atoms with Gasteiger partial charge in [-0.05, 0) is 33.1 Å². The normalized spacial score (nSPS) is 15.8. The van der Waals surface area contributed by atoms with E-state index in [-0.39, 0.29) is 31.1 Å². The number of hydrogen-bond donors (Lipinski definition) is 2. The van der Waals surface area contributed by atoms with Crippen LogP contribution in [0.15, 0.2) is 0 Å². The van der Waals surface area contributed by atoms with E-state index in [1.807, 2.05) is 13.8 Å². The molecular formula is C15H28N2O4. The Hall–Kier alpha value is -1.14. The molecular weight excluding hydrogens is 272 g/mol. The molecule has 6 heteroatoms. The van der Waals surface area contributed by atoms with Crippen molar-refractivity contribution in [3.05, 3.63) is 0 Å². The maximum atomic E-state index is 11.9. The quantitative estimate of drug-likeness (QED) is 0.594. The van der Waals surface area contributed by atoms with Crippen molar-refractivity contribution >= 4 is 11.9 Å². The molecule has 0 atom stereocenters. The second kappa shape index (κ2) is 9.73. The second-order valence-corrected chi connectivity index (χ2v) is 5.86. The van der Waals surface area contributed by atoms with Crippen LogP contribution in [-0.4, -0.2) is 60.3 Å². The Balaban J connectivity index is 2.26. The van der Waals surface area contributed by atoms with Crippen molar-refractivity contribution < 1.29 is 19.4 Å². The summed E-state index contributed by atoms with van der Waals surface area (Å²) < 4.78 is 5.40. The summed E-state index contributed by atoms with van der Waals surface area (Å²) >= 11 is 0. The SMILES string of the molecule is CC(C)OCCCNC(=O)CN(CC(=O)O)C1CCCC1. The van der Waals surface area contributed by atoms with Gasteiger partial charge in [-0.1, -0.05) is 12.8 Å². The molecule has 1 saturated carbocycles. The molecule has 0 heterocycles. The van der Waals surface area contributed by atoms with E-state index in [4.69, 9.17) is 9.84 Å². The monoisotopic (exact) mass is 300 g/mol. The molecule has 0 unspecified atom stereocenters. The topological polar surface area (TPSA) is 78.9 Å². The van der Waals surface area contributed by atoms with Crippen molar-refractivity contribution in [3.63, 3.8) is 0 Å². The highest BCUT2D eigenvalue weighted by Crippen LogP contribution is 2.23. The maximum Gasteiger partial charge on any atom is 0.317 e. The van der Waals surface area contributed by atoms with E-state index < -0.39 is 5.97 Å². The van der Waals surface area contributed by atoms with Crippen molar-refractivity contribution in [2.45, 2.75) is 58.1 Å². The van der Waals surface area contributed by atoms with Gasteiger partial charge < -0.3 is 15.2 Å². The summed E-state index contributed by atoms with van der Waals surface area (Å²) in [4.78, 5) is 24.6. The molecule has 0 aliphatic heterocycles. The lowest BCUT2D eigenvalue weighted by atomic mass is 10.2. The largest absolute Gasteiger partial charge is 0.480 e. The average Bonchev–Trinajstić information content (AvgIpc) is 2.90. The standard InChI is InChI=1S/C15H28N2O4/c1-12(2)21-9-5-8-16-14(18)10-17(11-15(19)20)13-6-3-4-7-13/h12-13H,3-11H2,1-2H3,(H,16,18)(H,19,20). The van der Waals surface area contributed by atoms with Crippen LogP contribution < -0.4 is 5.32 Å². The smallest absolute Gasteiger partial charge is 0.317 e. The fourth-order valence-corrected chi connectivity index (χ4v) is 2.62. The van der Waals surface area contributed by atoms with Gasteiger partial charge in [0.15, 0.2) is 0 Å². The van der Waals surface area contributed by atoms with Crippen LogP contribution in [0.3, 0.4) is 0 Å². The molecule has 122 valence electrons. The first-order chi connectivity index (χ1) is 9.99. The number of amides is 1. The molecule has 0 aromatic rings. The van der Waals surface area contributed by atoms with Crippen LogP contribution in [0.25, 0.3) is 0 Å². The van der Waals surface area contributed by atoms with E-state index in [0.29, 0.717) is 13.2 Å². The highest BCUT2D eigenvalue weighted by atomic mass is 16.5. The molecule has 2 N–H and O–H groups in total. The van der Waals surface area contributed by atoms with Crippen molar-refractivity contribution in [2.24, 2.45) is 0 Å². The summed E-state index contributed by atoms with van der Waals surface area (Å²) in [6.45, 7) is 5.25. The van der Waals surface area contributed by atoms with Crippen molar-refractivity contribution in [3.8, 4) is 0 Å². The molecule has 6 nitrogen and oxygen atoms in total. The zero-order valence-corrected chi connectivity index (χ0v) is 13.1. The van der Waals surface area contributed by atoms with E-state index >= 15 is 0 Å². The van der Waals surface area contributed by atoms with Crippen LogP contribution in [0.1, 0.15) is 46.0 Å². The third-order valence-electron chi connectivity index (χ3n) is 3.62. The molecule has 0 aromatic carbocycles. The molecule has 0 radical (unpaired) electrons. The number of rotatable bonds is 10. The average molecular weight is 300 g/mol. The van der Waals surface area contributed by atoms with Gasteiger partial charge >= 0.3 is 5.97 Å². The number of ether oxygens (including phenoxy) is 1. The van der Waals surface area contributed by atoms with Crippen molar-refractivity contribution in [2.75, 3.05) is 26.2 Å². The summed E-state index contributed by atoms with van der Waals surface area (Å²) in [5, 5.41) is 11.8. The van der Waals surface area contributed by atoms with Crippen LogP contribution in [0.5, 0.6) is 0 Å². The van der Waals surface area contributed by atoms with Crippen LogP contribution in [0.4, 0.5) is 0 Å². The van der Waals surface area contributed by atoms with Gasteiger partial charge in [0.05, 0.1) is 19.2 Å². The van der Waals surface area contributed by atoms with E-state index in [1.54, 1.807) is 4.90 Å². The lowest BCUT2D eigenvalue weighted by Crippen LogP contribution is -2.44. The predicted molar refractivity (Wildman–Crippen MR) is 80.2 cm³/mol. The second-order valence-electron chi connectivity index (χ2n) is 5.86. The number of hydrogen-bond acceptors (Lipinski definition) is 4. The van der Waals surface area contributed by atoms with E-state index in [2.05, 4.69) is 5.32 Å². The van der Waals surface area contributed by atoms with Gasteiger partial charge in [-0.2, -0.15) is 0 Å². The number of carbonyl (C=O) groups excluding carboxylic acids is 1. The van der Waals surface area contributed by atoms with Gasteiger partial charge in [0.2, 0.25) is 5.91 Å². The van der Waals surface area contributed by atoms with Crippen LogP contribution >= 0.6 is 0 Å². The molecule has 0 bridgehead atoms. The summed E-state index contributed by atoms with van der Waals surface area (Å²) in [5.74, 6) is -0.979. The van der Waals surface area contributed by atoms with Gasteiger partial charge in [-0.3, -0.25) is 14.5 Å². The van der Waals surface area contributed by atoms with Gasteiger partial charge in [-0.25, -0.2) is 0 Å². The minimum atomic E-state index is -0.875. The van der Waals surface area contributed by atoms with E-state index in [9.17, 15) is 9.59 Å². The number of carboxylic acids is 1. The van der Waals surface area contributed by atoms with E-state index in [0.717, 1.165) is 32.1 Å². The highest BCUT2D eigenvalue weighted by Gasteiger charge is 2.25. The molecule has 1 rings (SSSR count). The Kier molecular flexibility index (Phi) is 8.30. The number of nitrogens with one attached hydrogen (secondary N) is 1. The Bertz CT molecular complexity index is 328. The Labute approximate surface area is 126 Å². The molecule has 1 amide bonds. The zero-order chi connectivity index (χ0) is 15.7. The first-order valence-electron chi connectivity index (χ1n) is 7.83. The van der Waals surface area contributed by atoms with Gasteiger partial charge in [0.25, 0.3) is 0 Å². The number of nitrogens with zero attached hydrogens (tertiary/aromatic N) is 1. The van der Waals surface area contributed by atoms with Crippen molar-refractivity contribution in [1.29, 1.82) is 0 Å². The molecule has 0 spiro atoms. The molecule has 0 aromatic heterocycles. The van der Waals surface area contributed by atoms with Crippen LogP contribution in [0, 0.1) is 0 Å². The third-order valence-corrected chi connectivity index (χ3v) is 3.62. The Morgan fingerprint density at radius 3 is 2.52 bits per heavy atom. The number of carboxylic acid groups (broad SMARTS) is 1. The number of carbonyl (C=O) groups is 2. The first kappa shape index (κ1) is 17.9. The third kappa shape index (κ3) is 8.02. The van der Waals surface area contributed by atoms with Crippen LogP contribution in [0.2, 0.25) is 0 Å². The van der Waals surface area contributed by atoms with Crippen molar-refractivity contribution in [1.82, 2.24) is 10.2 Å². The Morgan fingerprint density at radius 2 is 1.95 bits per heavy atom. The fourth-order valence-electron chi connectivity index (χ4n) is 2.62. The minimum absolute atomic E-state index is 0.0610. The highest BCUT2D eigenvalue weighted by molar-refractivity contribution is 5.79. The number of aliphatic carboxylic acids is 1. The lowest BCUT2D eigenvalue weighted by Gasteiger charge is -2.26. The molecule has 1 fully saturated rings. The molecule has 21 heavy (non-hydrogen) atoms. The summed E-state index contributed by atoms with van der Waals surface area (Å²) in [7, 11) is 0. The fraction of sp³-hybridized carbons (Fsp3) is 0.867. The summed E-state index contributed by atoms with van der Waals surface area (Å²) in [5.41, 5.74) is 0. The molecule has 0 saturated heterocycles. The maximum absolute atomic E-state index is 11.9. The first-order valence-corrected chi connectivity index (χ1v) is 7.83. The lowest BCUT2D eigenvalue weighted by molar-refractivity contribution is -0.139. The van der Waals surface area contributed by atoms with Gasteiger partial charge in [0, 0.05) is 19.2 Å². The summed E-state index contributed by atoms with van der Waals surface area (Å²) in [6.07, 6.45) is 5.19. The Morgan fingerprint density at radius 1 is 1.29 bits per heavy atom. The predicted octanol–water partition coefficient (Wildman–Crippen LogP) is 1.25.